The molecular weight excluding hydrogens is 244 g/mol. The summed E-state index contributed by atoms with van der Waals surface area (Å²) in [5, 5.41) is 0. The summed E-state index contributed by atoms with van der Waals surface area (Å²) in [6.45, 7) is 4.53. The molecule has 1 aromatic heterocycles. The van der Waals surface area contributed by atoms with Crippen molar-refractivity contribution in [1.29, 1.82) is 0 Å². The Morgan fingerprint density at radius 2 is 2.36 bits per heavy atom. The van der Waals surface area contributed by atoms with E-state index in [1.165, 1.54) is 0 Å². The van der Waals surface area contributed by atoms with Crippen LogP contribution < -0.4 is 10.5 Å². The number of pyridine rings is 1. The summed E-state index contributed by atoms with van der Waals surface area (Å²) in [6.07, 6.45) is 4.28. The maximum atomic E-state index is 5.96. The van der Waals surface area contributed by atoms with Crippen LogP contribution in [-0.4, -0.2) is 17.1 Å². The lowest BCUT2D eigenvalue weighted by Gasteiger charge is -2.22. The molecule has 0 aliphatic rings. The smallest absolute Gasteiger partial charge is 0.136 e. The molecule has 0 radical (unpaired) electrons. The van der Waals surface area contributed by atoms with Crippen LogP contribution in [0.4, 0.5) is 0 Å². The molecule has 78 valence electrons. The minimum Gasteiger partial charge on any atom is -0.490 e. The SMILES string of the molecule is CCC(C)(N)COc1ccncc1Br. The van der Waals surface area contributed by atoms with E-state index >= 15 is 0 Å². The molecule has 14 heavy (non-hydrogen) atoms. The first kappa shape index (κ1) is 11.5. The molecule has 1 heterocycles. The number of halogens is 1. The molecule has 1 unspecified atom stereocenters. The van der Waals surface area contributed by atoms with Crippen LogP contribution in [-0.2, 0) is 0 Å². The standard InChI is InChI=1S/C10H15BrN2O/c1-3-10(2,12)7-14-9-4-5-13-6-8(9)11/h4-6H,3,7,12H2,1-2H3. The quantitative estimate of drug-likeness (QED) is 0.902. The summed E-state index contributed by atoms with van der Waals surface area (Å²) in [7, 11) is 0. The minimum atomic E-state index is -0.275. The zero-order chi connectivity index (χ0) is 10.6. The molecule has 0 saturated heterocycles. The fourth-order valence-electron chi connectivity index (χ4n) is 0.824. The molecule has 4 heteroatoms. The first-order valence-electron chi connectivity index (χ1n) is 4.56. The van der Waals surface area contributed by atoms with E-state index in [1.54, 1.807) is 12.4 Å². The molecule has 0 aliphatic carbocycles. The van der Waals surface area contributed by atoms with Crippen LogP contribution in [0, 0.1) is 0 Å². The summed E-state index contributed by atoms with van der Waals surface area (Å²) in [5.41, 5.74) is 5.68. The van der Waals surface area contributed by atoms with Crippen molar-refractivity contribution in [3.05, 3.63) is 22.9 Å². The molecule has 2 N–H and O–H groups in total. The van der Waals surface area contributed by atoms with Crippen LogP contribution in [0.25, 0.3) is 0 Å². The molecule has 0 aromatic carbocycles. The Hall–Kier alpha value is -0.610. The highest BCUT2D eigenvalue weighted by molar-refractivity contribution is 9.10. The summed E-state index contributed by atoms with van der Waals surface area (Å²) < 4.78 is 6.43. The van der Waals surface area contributed by atoms with Gasteiger partial charge in [-0.25, -0.2) is 0 Å². The number of hydrogen-bond acceptors (Lipinski definition) is 3. The third-order valence-corrected chi connectivity index (χ3v) is 2.70. The van der Waals surface area contributed by atoms with Crippen LogP contribution in [0.1, 0.15) is 20.3 Å². The van der Waals surface area contributed by atoms with Gasteiger partial charge in [0.15, 0.2) is 0 Å². The molecule has 1 rings (SSSR count). The number of hydrogen-bond donors (Lipinski definition) is 1. The fourth-order valence-corrected chi connectivity index (χ4v) is 1.19. The van der Waals surface area contributed by atoms with Gasteiger partial charge in [-0.1, -0.05) is 6.92 Å². The summed E-state index contributed by atoms with van der Waals surface area (Å²) >= 11 is 3.36. The van der Waals surface area contributed by atoms with Gasteiger partial charge in [0.1, 0.15) is 12.4 Å². The van der Waals surface area contributed by atoms with Crippen LogP contribution in [0.3, 0.4) is 0 Å². The van der Waals surface area contributed by atoms with Crippen molar-refractivity contribution in [3.8, 4) is 5.75 Å². The predicted octanol–water partition coefficient (Wildman–Crippen LogP) is 2.35. The molecule has 0 amide bonds. The lowest BCUT2D eigenvalue weighted by Crippen LogP contribution is -2.41. The van der Waals surface area contributed by atoms with E-state index in [1.807, 2.05) is 19.9 Å². The van der Waals surface area contributed by atoms with Gasteiger partial charge < -0.3 is 10.5 Å². The molecule has 0 saturated carbocycles. The Morgan fingerprint density at radius 3 is 2.93 bits per heavy atom. The van der Waals surface area contributed by atoms with Gasteiger partial charge in [-0.05, 0) is 35.3 Å². The van der Waals surface area contributed by atoms with Crippen molar-refractivity contribution in [3.63, 3.8) is 0 Å². The van der Waals surface area contributed by atoms with Gasteiger partial charge in [0.2, 0.25) is 0 Å². The third kappa shape index (κ3) is 3.27. The first-order chi connectivity index (χ1) is 6.55. The van der Waals surface area contributed by atoms with E-state index in [0.29, 0.717) is 6.61 Å². The maximum Gasteiger partial charge on any atom is 0.136 e. The molecule has 1 atom stereocenters. The van der Waals surface area contributed by atoms with Gasteiger partial charge in [-0.15, -0.1) is 0 Å². The zero-order valence-electron chi connectivity index (χ0n) is 8.46. The minimum absolute atomic E-state index is 0.275. The van der Waals surface area contributed by atoms with E-state index in [0.717, 1.165) is 16.6 Å². The Morgan fingerprint density at radius 1 is 1.64 bits per heavy atom. The average Bonchev–Trinajstić information content (AvgIpc) is 2.17. The summed E-state index contributed by atoms with van der Waals surface area (Å²) in [5.74, 6) is 0.783. The van der Waals surface area contributed by atoms with Crippen LogP contribution >= 0.6 is 15.9 Å². The fraction of sp³-hybridized carbons (Fsp3) is 0.500. The summed E-state index contributed by atoms with van der Waals surface area (Å²) in [4.78, 5) is 3.95. The van der Waals surface area contributed by atoms with Gasteiger partial charge in [-0.2, -0.15) is 0 Å². The monoisotopic (exact) mass is 258 g/mol. The lowest BCUT2D eigenvalue weighted by atomic mass is 10.0. The average molecular weight is 259 g/mol. The largest absolute Gasteiger partial charge is 0.490 e. The Balaban J connectivity index is 2.58. The lowest BCUT2D eigenvalue weighted by molar-refractivity contribution is 0.224. The van der Waals surface area contributed by atoms with Crippen molar-refractivity contribution in [2.45, 2.75) is 25.8 Å². The van der Waals surface area contributed by atoms with Crippen molar-refractivity contribution >= 4 is 15.9 Å². The number of nitrogens with two attached hydrogens (primary N) is 1. The number of rotatable bonds is 4. The van der Waals surface area contributed by atoms with Crippen LogP contribution in [0.5, 0.6) is 5.75 Å². The van der Waals surface area contributed by atoms with Crippen molar-refractivity contribution < 1.29 is 4.74 Å². The highest BCUT2D eigenvalue weighted by Crippen LogP contribution is 2.23. The van der Waals surface area contributed by atoms with Crippen molar-refractivity contribution in [2.24, 2.45) is 5.73 Å². The second kappa shape index (κ2) is 4.75. The van der Waals surface area contributed by atoms with Crippen LogP contribution in [0.15, 0.2) is 22.9 Å². The molecule has 1 aromatic rings. The van der Waals surface area contributed by atoms with Gasteiger partial charge in [-0.3, -0.25) is 4.98 Å². The molecule has 0 bridgehead atoms. The highest BCUT2D eigenvalue weighted by atomic mass is 79.9. The van der Waals surface area contributed by atoms with Gasteiger partial charge in [0, 0.05) is 17.9 Å². The van der Waals surface area contributed by atoms with E-state index < -0.39 is 0 Å². The third-order valence-electron chi connectivity index (χ3n) is 2.10. The second-order valence-corrected chi connectivity index (χ2v) is 4.46. The Bertz CT molecular complexity index is 302. The van der Waals surface area contributed by atoms with E-state index in [4.69, 9.17) is 10.5 Å². The molecular formula is C10H15BrN2O. The predicted molar refractivity (Wildman–Crippen MR) is 60.3 cm³/mol. The number of aromatic nitrogens is 1. The molecule has 3 nitrogen and oxygen atoms in total. The second-order valence-electron chi connectivity index (χ2n) is 3.60. The molecule has 0 fully saturated rings. The van der Waals surface area contributed by atoms with Crippen molar-refractivity contribution in [2.75, 3.05) is 6.61 Å². The normalized spacial score (nSPS) is 14.9. The zero-order valence-corrected chi connectivity index (χ0v) is 10.0. The van der Waals surface area contributed by atoms with Gasteiger partial charge >= 0.3 is 0 Å². The van der Waals surface area contributed by atoms with Crippen molar-refractivity contribution in [1.82, 2.24) is 4.98 Å². The molecule has 0 spiro atoms. The Kier molecular flexibility index (Phi) is 3.89. The van der Waals surface area contributed by atoms with Gasteiger partial charge in [0.05, 0.1) is 4.47 Å². The van der Waals surface area contributed by atoms with E-state index in [-0.39, 0.29) is 5.54 Å². The summed E-state index contributed by atoms with van der Waals surface area (Å²) in [6, 6.07) is 1.82. The van der Waals surface area contributed by atoms with E-state index in [2.05, 4.69) is 20.9 Å². The maximum absolute atomic E-state index is 5.96. The van der Waals surface area contributed by atoms with Crippen LogP contribution in [0.2, 0.25) is 0 Å². The first-order valence-corrected chi connectivity index (χ1v) is 5.35. The number of ether oxygens (including phenoxy) is 1. The van der Waals surface area contributed by atoms with Gasteiger partial charge in [0.25, 0.3) is 0 Å². The molecule has 0 aliphatic heterocycles. The highest BCUT2D eigenvalue weighted by Gasteiger charge is 2.16. The Labute approximate surface area is 92.8 Å². The topological polar surface area (TPSA) is 48.1 Å². The number of nitrogens with zero attached hydrogens (tertiary/aromatic N) is 1. The van der Waals surface area contributed by atoms with E-state index in [9.17, 15) is 0 Å².